The van der Waals surface area contributed by atoms with Crippen molar-refractivity contribution in [3.8, 4) is 0 Å². The third kappa shape index (κ3) is 3.29. The predicted octanol–water partition coefficient (Wildman–Crippen LogP) is 3.58. The van der Waals surface area contributed by atoms with Crippen LogP contribution in [0.25, 0.3) is 10.9 Å². The van der Waals surface area contributed by atoms with Gasteiger partial charge in [0.05, 0.1) is 5.52 Å². The van der Waals surface area contributed by atoms with E-state index < -0.39 is 6.10 Å². The zero-order valence-corrected chi connectivity index (χ0v) is 13.8. The maximum Gasteiger partial charge on any atom is 0.256 e. The summed E-state index contributed by atoms with van der Waals surface area (Å²) < 4.78 is 5.44. The lowest BCUT2D eigenvalue weighted by Crippen LogP contribution is -2.32. The van der Waals surface area contributed by atoms with E-state index in [9.17, 15) is 4.79 Å². The van der Waals surface area contributed by atoms with Crippen LogP contribution in [-0.4, -0.2) is 29.9 Å². The Morgan fingerprint density at radius 3 is 2.62 bits per heavy atom. The normalized spacial score (nSPS) is 12.1. The number of hydrogen-bond donors (Lipinski definition) is 0. The molecule has 0 aliphatic rings. The molecule has 0 spiro atoms. The lowest BCUT2D eigenvalue weighted by Gasteiger charge is -2.23. The molecule has 4 heteroatoms. The first kappa shape index (κ1) is 16.1. The minimum absolute atomic E-state index is 0.0652. The van der Waals surface area contributed by atoms with Crippen LogP contribution in [0.1, 0.15) is 17.2 Å². The van der Waals surface area contributed by atoms with Gasteiger partial charge in [0.15, 0.2) is 6.10 Å². The molecule has 24 heavy (non-hydrogen) atoms. The van der Waals surface area contributed by atoms with Gasteiger partial charge in [-0.25, -0.2) is 0 Å². The SMILES string of the molecule is CO[C@@H](C(=O)N(C)Cc1cccc2ncccc12)c1ccccc1. The molecule has 0 unspecified atom stereocenters. The molecule has 2 aromatic carbocycles. The summed E-state index contributed by atoms with van der Waals surface area (Å²) in [5.41, 5.74) is 2.86. The van der Waals surface area contributed by atoms with E-state index in [1.807, 2.05) is 60.7 Å². The van der Waals surface area contributed by atoms with Crippen LogP contribution in [0.5, 0.6) is 0 Å². The Bertz CT molecular complexity index is 828. The summed E-state index contributed by atoms with van der Waals surface area (Å²) >= 11 is 0. The van der Waals surface area contributed by atoms with Crippen molar-refractivity contribution >= 4 is 16.8 Å². The van der Waals surface area contributed by atoms with Gasteiger partial charge in [0.25, 0.3) is 5.91 Å². The van der Waals surface area contributed by atoms with Gasteiger partial charge in [-0.2, -0.15) is 0 Å². The Kier molecular flexibility index (Phi) is 4.87. The molecule has 1 heterocycles. The number of fused-ring (bicyclic) bond motifs is 1. The van der Waals surface area contributed by atoms with Crippen LogP contribution in [0.4, 0.5) is 0 Å². The van der Waals surface area contributed by atoms with Gasteiger partial charge in [0, 0.05) is 32.3 Å². The van der Waals surface area contributed by atoms with Crippen LogP contribution < -0.4 is 0 Å². The van der Waals surface area contributed by atoms with Crippen molar-refractivity contribution in [3.63, 3.8) is 0 Å². The number of hydrogen-bond acceptors (Lipinski definition) is 3. The second-order valence-corrected chi connectivity index (χ2v) is 5.71. The molecular formula is C20H20N2O2. The molecule has 0 N–H and O–H groups in total. The Labute approximate surface area is 141 Å². The molecule has 122 valence electrons. The van der Waals surface area contributed by atoms with Gasteiger partial charge in [0.2, 0.25) is 0 Å². The topological polar surface area (TPSA) is 42.4 Å². The molecule has 1 aromatic heterocycles. The summed E-state index contributed by atoms with van der Waals surface area (Å²) in [7, 11) is 3.36. The van der Waals surface area contributed by atoms with E-state index in [0.29, 0.717) is 6.54 Å². The first-order valence-corrected chi connectivity index (χ1v) is 7.86. The summed E-state index contributed by atoms with van der Waals surface area (Å²) in [6.45, 7) is 0.508. The van der Waals surface area contributed by atoms with Gasteiger partial charge < -0.3 is 9.64 Å². The van der Waals surface area contributed by atoms with Crippen LogP contribution in [0, 0.1) is 0 Å². The number of methoxy groups -OCH3 is 1. The Morgan fingerprint density at radius 2 is 1.88 bits per heavy atom. The van der Waals surface area contributed by atoms with Crippen LogP contribution in [0.15, 0.2) is 66.9 Å². The smallest absolute Gasteiger partial charge is 0.256 e. The average Bonchev–Trinajstić information content (AvgIpc) is 2.63. The number of carbonyl (C=O) groups excluding carboxylic acids is 1. The number of nitrogens with zero attached hydrogens (tertiary/aromatic N) is 2. The van der Waals surface area contributed by atoms with Crippen LogP contribution in [-0.2, 0) is 16.1 Å². The van der Waals surface area contributed by atoms with E-state index in [0.717, 1.165) is 22.0 Å². The molecule has 0 radical (unpaired) electrons. The summed E-state index contributed by atoms with van der Waals surface area (Å²) in [5.74, 6) is -0.0652. The molecule has 3 rings (SSSR count). The van der Waals surface area contributed by atoms with Gasteiger partial charge in [0.1, 0.15) is 0 Å². The molecule has 0 aliphatic heterocycles. The largest absolute Gasteiger partial charge is 0.367 e. The molecular weight excluding hydrogens is 300 g/mol. The molecule has 1 amide bonds. The average molecular weight is 320 g/mol. The standard InChI is InChI=1S/C20H20N2O2/c1-22(20(23)19(24-2)15-8-4-3-5-9-15)14-16-10-6-12-18-17(16)11-7-13-21-18/h3-13,19H,14H2,1-2H3/t19-/m1/s1. The van der Waals surface area contributed by atoms with Gasteiger partial charge in [-0.1, -0.05) is 48.5 Å². The highest BCUT2D eigenvalue weighted by atomic mass is 16.5. The van der Waals surface area contributed by atoms with Gasteiger partial charge in [-0.05, 0) is 23.3 Å². The van der Waals surface area contributed by atoms with Crippen molar-refractivity contribution in [1.82, 2.24) is 9.88 Å². The maximum atomic E-state index is 12.8. The molecule has 4 nitrogen and oxygen atoms in total. The lowest BCUT2D eigenvalue weighted by molar-refractivity contribution is -0.141. The third-order valence-electron chi connectivity index (χ3n) is 4.08. The minimum Gasteiger partial charge on any atom is -0.367 e. The minimum atomic E-state index is -0.593. The van der Waals surface area contributed by atoms with Crippen molar-refractivity contribution in [2.45, 2.75) is 12.6 Å². The van der Waals surface area contributed by atoms with E-state index in [1.54, 1.807) is 25.3 Å². The van der Waals surface area contributed by atoms with Crippen molar-refractivity contribution in [1.29, 1.82) is 0 Å². The van der Waals surface area contributed by atoms with Crippen molar-refractivity contribution in [2.75, 3.05) is 14.2 Å². The van der Waals surface area contributed by atoms with Gasteiger partial charge in [-0.3, -0.25) is 9.78 Å². The van der Waals surface area contributed by atoms with E-state index in [4.69, 9.17) is 4.74 Å². The molecule has 0 bridgehead atoms. The van der Waals surface area contributed by atoms with Crippen molar-refractivity contribution in [2.24, 2.45) is 0 Å². The number of rotatable bonds is 5. The highest BCUT2D eigenvalue weighted by molar-refractivity contribution is 5.84. The molecule has 1 atom stereocenters. The Balaban J connectivity index is 1.83. The molecule has 0 fully saturated rings. The summed E-state index contributed by atoms with van der Waals surface area (Å²) in [6.07, 6.45) is 1.18. The number of benzene rings is 2. The number of likely N-dealkylation sites (N-methyl/N-ethyl adjacent to an activating group) is 1. The van der Waals surface area contributed by atoms with Crippen LogP contribution in [0.3, 0.4) is 0 Å². The summed E-state index contributed by atoms with van der Waals surface area (Å²) in [6, 6.07) is 19.5. The Morgan fingerprint density at radius 1 is 1.08 bits per heavy atom. The second kappa shape index (κ2) is 7.23. The van der Waals surface area contributed by atoms with E-state index in [1.165, 1.54) is 0 Å². The van der Waals surface area contributed by atoms with E-state index >= 15 is 0 Å². The fourth-order valence-corrected chi connectivity index (χ4v) is 2.85. The molecule has 3 aromatic rings. The van der Waals surface area contributed by atoms with E-state index in [2.05, 4.69) is 4.98 Å². The highest BCUT2D eigenvalue weighted by Gasteiger charge is 2.23. The number of pyridine rings is 1. The number of amides is 1. The lowest BCUT2D eigenvalue weighted by atomic mass is 10.1. The van der Waals surface area contributed by atoms with Crippen LogP contribution >= 0.6 is 0 Å². The monoisotopic (exact) mass is 320 g/mol. The number of carbonyl (C=O) groups is 1. The third-order valence-corrected chi connectivity index (χ3v) is 4.08. The van der Waals surface area contributed by atoms with Crippen molar-refractivity contribution in [3.05, 3.63) is 78.0 Å². The summed E-state index contributed by atoms with van der Waals surface area (Å²) in [4.78, 5) is 18.9. The quantitative estimate of drug-likeness (QED) is 0.721. The summed E-state index contributed by atoms with van der Waals surface area (Å²) in [5, 5.41) is 1.06. The van der Waals surface area contributed by atoms with E-state index in [-0.39, 0.29) is 5.91 Å². The zero-order chi connectivity index (χ0) is 16.9. The first-order chi connectivity index (χ1) is 11.7. The molecule has 0 aliphatic carbocycles. The fourth-order valence-electron chi connectivity index (χ4n) is 2.85. The second-order valence-electron chi connectivity index (χ2n) is 5.71. The number of aromatic nitrogens is 1. The first-order valence-electron chi connectivity index (χ1n) is 7.86. The fraction of sp³-hybridized carbons (Fsp3) is 0.200. The molecule has 0 saturated carbocycles. The predicted molar refractivity (Wildman–Crippen MR) is 94.4 cm³/mol. The Hall–Kier alpha value is -2.72. The maximum absolute atomic E-state index is 12.8. The highest BCUT2D eigenvalue weighted by Crippen LogP contribution is 2.22. The number of ether oxygens (including phenoxy) is 1. The van der Waals surface area contributed by atoms with Crippen LogP contribution in [0.2, 0.25) is 0 Å². The van der Waals surface area contributed by atoms with Gasteiger partial charge in [-0.15, -0.1) is 0 Å². The van der Waals surface area contributed by atoms with Crippen molar-refractivity contribution < 1.29 is 9.53 Å². The molecule has 0 saturated heterocycles. The zero-order valence-electron chi connectivity index (χ0n) is 13.8. The van der Waals surface area contributed by atoms with Gasteiger partial charge >= 0.3 is 0 Å².